The van der Waals surface area contributed by atoms with Crippen LogP contribution in [0.4, 0.5) is 0 Å². The van der Waals surface area contributed by atoms with E-state index in [1.54, 1.807) is 7.11 Å². The van der Waals surface area contributed by atoms with Gasteiger partial charge < -0.3 is 9.47 Å². The number of nitrogens with zero attached hydrogens (tertiary/aromatic N) is 1. The predicted octanol–water partition coefficient (Wildman–Crippen LogP) is -0.142. The summed E-state index contributed by atoms with van der Waals surface area (Å²) in [5.74, 6) is 0. The number of hydrazine groups is 1. The van der Waals surface area contributed by atoms with E-state index < -0.39 is 0 Å². The Morgan fingerprint density at radius 3 is 2.75 bits per heavy atom. The topological polar surface area (TPSA) is 33.7 Å². The van der Waals surface area contributed by atoms with Crippen LogP contribution in [-0.4, -0.2) is 51.1 Å². The minimum absolute atomic E-state index is 0.271. The van der Waals surface area contributed by atoms with Crippen molar-refractivity contribution in [3.05, 3.63) is 0 Å². The molecule has 1 N–H and O–H groups in total. The highest BCUT2D eigenvalue weighted by molar-refractivity contribution is 4.59. The number of rotatable bonds is 4. The first kappa shape index (κ1) is 9.92. The van der Waals surface area contributed by atoms with Gasteiger partial charge in [-0.1, -0.05) is 0 Å². The Hall–Kier alpha value is -0.160. The third-order valence-corrected chi connectivity index (χ3v) is 2.02. The van der Waals surface area contributed by atoms with E-state index in [0.29, 0.717) is 0 Å². The largest absolute Gasteiger partial charge is 0.380 e. The van der Waals surface area contributed by atoms with Crippen molar-refractivity contribution < 1.29 is 9.47 Å². The molecule has 72 valence electrons. The predicted molar refractivity (Wildman–Crippen MR) is 46.9 cm³/mol. The van der Waals surface area contributed by atoms with Gasteiger partial charge in [-0.2, -0.15) is 0 Å². The van der Waals surface area contributed by atoms with Gasteiger partial charge in [-0.15, -0.1) is 0 Å². The summed E-state index contributed by atoms with van der Waals surface area (Å²) in [5, 5.41) is 2.18. The quantitative estimate of drug-likeness (QED) is 0.643. The molecule has 0 aromatic rings. The smallest absolute Gasteiger partial charge is 0.0681 e. The molecule has 0 radical (unpaired) electrons. The van der Waals surface area contributed by atoms with Crippen molar-refractivity contribution in [2.45, 2.75) is 13.0 Å². The van der Waals surface area contributed by atoms with Crippen LogP contribution in [0, 0.1) is 0 Å². The van der Waals surface area contributed by atoms with Gasteiger partial charge in [-0.25, -0.2) is 5.01 Å². The Bertz CT molecular complexity index is 116. The molecule has 1 aliphatic heterocycles. The third-order valence-electron chi connectivity index (χ3n) is 2.02. The van der Waals surface area contributed by atoms with Gasteiger partial charge >= 0.3 is 0 Å². The Kier molecular flexibility index (Phi) is 4.53. The van der Waals surface area contributed by atoms with Crippen LogP contribution in [0.1, 0.15) is 6.92 Å². The van der Waals surface area contributed by atoms with E-state index in [0.717, 1.165) is 32.8 Å². The van der Waals surface area contributed by atoms with Gasteiger partial charge in [-0.05, 0) is 6.92 Å². The van der Waals surface area contributed by atoms with Crippen molar-refractivity contribution in [2.75, 3.05) is 40.0 Å². The third kappa shape index (κ3) is 3.49. The summed E-state index contributed by atoms with van der Waals surface area (Å²) in [6.07, 6.45) is 0.271. The summed E-state index contributed by atoms with van der Waals surface area (Å²) in [6, 6.07) is 0. The van der Waals surface area contributed by atoms with Gasteiger partial charge in [0.2, 0.25) is 0 Å². The van der Waals surface area contributed by atoms with Crippen LogP contribution < -0.4 is 5.43 Å². The van der Waals surface area contributed by atoms with Crippen LogP contribution in [0.25, 0.3) is 0 Å². The molecule has 0 amide bonds. The van der Waals surface area contributed by atoms with E-state index >= 15 is 0 Å². The van der Waals surface area contributed by atoms with E-state index in [1.165, 1.54) is 0 Å². The van der Waals surface area contributed by atoms with Gasteiger partial charge in [0.1, 0.15) is 0 Å². The van der Waals surface area contributed by atoms with E-state index in [-0.39, 0.29) is 6.10 Å². The molecule has 1 aliphatic rings. The summed E-state index contributed by atoms with van der Waals surface area (Å²) < 4.78 is 10.3. The zero-order chi connectivity index (χ0) is 8.81. The van der Waals surface area contributed by atoms with Gasteiger partial charge in [0.15, 0.2) is 0 Å². The minimum atomic E-state index is 0.271. The molecule has 12 heavy (non-hydrogen) atoms. The molecule has 1 rings (SSSR count). The fraction of sp³-hybridized carbons (Fsp3) is 1.00. The first-order valence-electron chi connectivity index (χ1n) is 4.42. The highest BCUT2D eigenvalue weighted by Crippen LogP contribution is 1.93. The highest BCUT2D eigenvalue weighted by Gasteiger charge is 2.10. The SMILES string of the molecule is COC(C)CNN1CCOCC1. The van der Waals surface area contributed by atoms with E-state index in [1.807, 2.05) is 6.92 Å². The molecule has 0 spiro atoms. The average molecular weight is 174 g/mol. The lowest BCUT2D eigenvalue weighted by Gasteiger charge is -2.28. The molecule has 0 aromatic carbocycles. The first-order chi connectivity index (χ1) is 5.83. The van der Waals surface area contributed by atoms with Gasteiger partial charge in [-0.3, -0.25) is 5.43 Å². The molecule has 1 atom stereocenters. The fourth-order valence-corrected chi connectivity index (χ4v) is 1.06. The number of hydrogen-bond donors (Lipinski definition) is 1. The van der Waals surface area contributed by atoms with Crippen molar-refractivity contribution in [2.24, 2.45) is 0 Å². The van der Waals surface area contributed by atoms with E-state index in [9.17, 15) is 0 Å². The minimum Gasteiger partial charge on any atom is -0.380 e. The van der Waals surface area contributed by atoms with Gasteiger partial charge in [0.25, 0.3) is 0 Å². The molecular weight excluding hydrogens is 156 g/mol. The first-order valence-corrected chi connectivity index (χ1v) is 4.42. The summed E-state index contributed by atoms with van der Waals surface area (Å²) in [4.78, 5) is 0. The number of nitrogens with one attached hydrogen (secondary N) is 1. The van der Waals surface area contributed by atoms with Crippen molar-refractivity contribution in [1.82, 2.24) is 10.4 Å². The number of ether oxygens (including phenoxy) is 2. The van der Waals surface area contributed by atoms with Crippen LogP contribution >= 0.6 is 0 Å². The summed E-state index contributed by atoms with van der Waals surface area (Å²) >= 11 is 0. The van der Waals surface area contributed by atoms with Crippen molar-refractivity contribution in [3.63, 3.8) is 0 Å². The molecule has 4 nitrogen and oxygen atoms in total. The lowest BCUT2D eigenvalue weighted by atomic mass is 10.4. The normalized spacial score (nSPS) is 22.5. The maximum atomic E-state index is 5.22. The molecule has 0 saturated carbocycles. The fourth-order valence-electron chi connectivity index (χ4n) is 1.06. The monoisotopic (exact) mass is 174 g/mol. The molecule has 4 heteroatoms. The van der Waals surface area contributed by atoms with Crippen LogP contribution in [0.2, 0.25) is 0 Å². The molecule has 0 aromatic heterocycles. The Morgan fingerprint density at radius 1 is 1.50 bits per heavy atom. The van der Waals surface area contributed by atoms with Crippen LogP contribution in [0.3, 0.4) is 0 Å². The van der Waals surface area contributed by atoms with Crippen molar-refractivity contribution in [3.8, 4) is 0 Å². The molecule has 0 aliphatic carbocycles. The average Bonchev–Trinajstić information content (AvgIpc) is 2.16. The Balaban J connectivity index is 2.05. The van der Waals surface area contributed by atoms with Crippen molar-refractivity contribution in [1.29, 1.82) is 0 Å². The number of methoxy groups -OCH3 is 1. The molecule has 1 heterocycles. The second-order valence-electron chi connectivity index (χ2n) is 3.01. The Morgan fingerprint density at radius 2 is 2.17 bits per heavy atom. The van der Waals surface area contributed by atoms with E-state index in [4.69, 9.17) is 9.47 Å². The zero-order valence-electron chi connectivity index (χ0n) is 7.88. The van der Waals surface area contributed by atoms with E-state index in [2.05, 4.69) is 10.4 Å². The summed E-state index contributed by atoms with van der Waals surface area (Å²) in [6.45, 7) is 6.51. The summed E-state index contributed by atoms with van der Waals surface area (Å²) in [7, 11) is 1.73. The maximum Gasteiger partial charge on any atom is 0.0681 e. The molecule has 0 bridgehead atoms. The van der Waals surface area contributed by atoms with Crippen LogP contribution in [0.5, 0.6) is 0 Å². The van der Waals surface area contributed by atoms with Crippen LogP contribution in [0.15, 0.2) is 0 Å². The zero-order valence-corrected chi connectivity index (χ0v) is 7.88. The lowest BCUT2D eigenvalue weighted by molar-refractivity contribution is 0.000580. The Labute approximate surface area is 73.8 Å². The number of hydrogen-bond acceptors (Lipinski definition) is 4. The molecule has 1 unspecified atom stereocenters. The van der Waals surface area contributed by atoms with Gasteiger partial charge in [0, 0.05) is 26.7 Å². The highest BCUT2D eigenvalue weighted by atomic mass is 16.5. The second kappa shape index (κ2) is 5.48. The van der Waals surface area contributed by atoms with Crippen molar-refractivity contribution >= 4 is 0 Å². The second-order valence-corrected chi connectivity index (χ2v) is 3.01. The maximum absolute atomic E-state index is 5.22. The number of morpholine rings is 1. The lowest BCUT2D eigenvalue weighted by Crippen LogP contribution is -2.48. The van der Waals surface area contributed by atoms with Gasteiger partial charge in [0.05, 0.1) is 19.3 Å². The molecule has 1 saturated heterocycles. The summed E-state index contributed by atoms with van der Waals surface area (Å²) in [5.41, 5.74) is 3.30. The molecule has 1 fully saturated rings. The molecular formula is C8H18N2O2. The standard InChI is InChI=1S/C8H18N2O2/c1-8(11-2)7-9-10-3-5-12-6-4-10/h8-9H,3-7H2,1-2H3. The van der Waals surface area contributed by atoms with Crippen LogP contribution in [-0.2, 0) is 9.47 Å².